The Balaban J connectivity index is 2.13. The van der Waals surface area contributed by atoms with E-state index in [1.54, 1.807) is 13.1 Å². The minimum atomic E-state index is 0.311. The summed E-state index contributed by atoms with van der Waals surface area (Å²) in [5.41, 5.74) is 0. The van der Waals surface area contributed by atoms with E-state index < -0.39 is 0 Å². The highest BCUT2D eigenvalue weighted by molar-refractivity contribution is 5.36. The highest BCUT2D eigenvalue weighted by Gasteiger charge is 2.10. The van der Waals surface area contributed by atoms with Gasteiger partial charge in [-0.25, -0.2) is 9.97 Å². The van der Waals surface area contributed by atoms with E-state index in [9.17, 15) is 0 Å². The van der Waals surface area contributed by atoms with Gasteiger partial charge in [-0.2, -0.15) is 4.98 Å². The molecule has 0 fully saturated rings. The molecule has 18 heavy (non-hydrogen) atoms. The molecule has 0 N–H and O–H groups in total. The van der Waals surface area contributed by atoms with Gasteiger partial charge >= 0.3 is 0 Å². The molecular formula is C12H17N5O. The molecule has 0 atom stereocenters. The molecule has 2 heterocycles. The Morgan fingerprint density at radius 2 is 2.11 bits per heavy atom. The van der Waals surface area contributed by atoms with Gasteiger partial charge < -0.3 is 9.42 Å². The molecule has 0 aliphatic rings. The summed E-state index contributed by atoms with van der Waals surface area (Å²) in [6, 6.07) is 1.87. The lowest BCUT2D eigenvalue weighted by Gasteiger charge is -2.16. The summed E-state index contributed by atoms with van der Waals surface area (Å²) in [7, 11) is 1.94. The fourth-order valence-electron chi connectivity index (χ4n) is 1.55. The van der Waals surface area contributed by atoms with Crippen molar-refractivity contribution in [2.75, 3.05) is 11.9 Å². The van der Waals surface area contributed by atoms with Gasteiger partial charge in [-0.15, -0.1) is 0 Å². The Morgan fingerprint density at radius 1 is 1.33 bits per heavy atom. The molecule has 0 saturated heterocycles. The molecule has 2 rings (SSSR count). The normalized spacial score (nSPS) is 10.9. The lowest BCUT2D eigenvalue weighted by molar-refractivity contribution is 0.387. The van der Waals surface area contributed by atoms with Crippen LogP contribution in [0.3, 0.4) is 0 Å². The van der Waals surface area contributed by atoms with Crippen LogP contribution in [-0.4, -0.2) is 27.2 Å². The molecule has 0 spiro atoms. The molecule has 0 radical (unpaired) electrons. The van der Waals surface area contributed by atoms with Crippen molar-refractivity contribution < 1.29 is 4.52 Å². The fourth-order valence-corrected chi connectivity index (χ4v) is 1.55. The van der Waals surface area contributed by atoms with Crippen molar-refractivity contribution in [3.05, 3.63) is 29.8 Å². The maximum Gasteiger partial charge on any atom is 0.223 e. The van der Waals surface area contributed by atoms with Gasteiger partial charge in [0, 0.05) is 26.1 Å². The highest BCUT2D eigenvalue weighted by atomic mass is 16.5. The summed E-state index contributed by atoms with van der Waals surface area (Å²) in [5.74, 6) is 3.23. The largest absolute Gasteiger partial charge is 0.352 e. The molecule has 0 unspecified atom stereocenters. The summed E-state index contributed by atoms with van der Waals surface area (Å²) in [6.45, 7) is 6.48. The first-order chi connectivity index (χ1) is 8.56. The monoisotopic (exact) mass is 247 g/mol. The molecule has 2 aromatic heterocycles. The van der Waals surface area contributed by atoms with Crippen molar-refractivity contribution in [1.82, 2.24) is 20.1 Å². The number of aryl methyl sites for hydroxylation is 1. The van der Waals surface area contributed by atoms with Crippen LogP contribution >= 0.6 is 0 Å². The fraction of sp³-hybridized carbons (Fsp3) is 0.500. The van der Waals surface area contributed by atoms with Crippen LogP contribution in [0.2, 0.25) is 0 Å². The van der Waals surface area contributed by atoms with E-state index >= 15 is 0 Å². The van der Waals surface area contributed by atoms with E-state index in [4.69, 9.17) is 4.52 Å². The Morgan fingerprint density at radius 3 is 2.72 bits per heavy atom. The van der Waals surface area contributed by atoms with Gasteiger partial charge in [0.25, 0.3) is 0 Å². The Hall–Kier alpha value is -1.98. The van der Waals surface area contributed by atoms with Crippen molar-refractivity contribution in [3.63, 3.8) is 0 Å². The van der Waals surface area contributed by atoms with Gasteiger partial charge in [0.15, 0.2) is 5.82 Å². The predicted octanol–water partition coefficient (Wildman–Crippen LogP) is 1.93. The smallest absolute Gasteiger partial charge is 0.223 e. The SMILES string of the molecule is Cc1nc(CN(C)c2ccnc(C(C)C)n2)no1. The quantitative estimate of drug-likeness (QED) is 0.822. The third kappa shape index (κ3) is 2.82. The lowest BCUT2D eigenvalue weighted by Crippen LogP contribution is -2.19. The third-order valence-electron chi connectivity index (χ3n) is 2.52. The van der Waals surface area contributed by atoms with Crippen LogP contribution in [-0.2, 0) is 6.54 Å². The molecular weight excluding hydrogens is 230 g/mol. The van der Waals surface area contributed by atoms with Crippen LogP contribution in [0, 0.1) is 6.92 Å². The van der Waals surface area contributed by atoms with E-state index in [-0.39, 0.29) is 0 Å². The second-order valence-electron chi connectivity index (χ2n) is 4.51. The minimum Gasteiger partial charge on any atom is -0.352 e. The van der Waals surface area contributed by atoms with Crippen molar-refractivity contribution >= 4 is 5.82 Å². The molecule has 96 valence electrons. The third-order valence-corrected chi connectivity index (χ3v) is 2.52. The topological polar surface area (TPSA) is 67.9 Å². The Kier molecular flexibility index (Phi) is 3.55. The molecule has 0 amide bonds. The molecule has 0 aromatic carbocycles. The van der Waals surface area contributed by atoms with Gasteiger partial charge in [0.1, 0.15) is 11.6 Å². The van der Waals surface area contributed by atoms with Crippen molar-refractivity contribution in [3.8, 4) is 0 Å². The zero-order valence-corrected chi connectivity index (χ0v) is 11.1. The summed E-state index contributed by atoms with van der Waals surface area (Å²) in [4.78, 5) is 14.9. The van der Waals surface area contributed by atoms with Crippen molar-refractivity contribution in [2.45, 2.75) is 33.2 Å². The van der Waals surface area contributed by atoms with Crippen LogP contribution in [0.1, 0.15) is 37.3 Å². The Labute approximate surface area is 106 Å². The number of rotatable bonds is 4. The van der Waals surface area contributed by atoms with Crippen LogP contribution in [0.15, 0.2) is 16.8 Å². The first-order valence-electron chi connectivity index (χ1n) is 5.89. The highest BCUT2D eigenvalue weighted by Crippen LogP contribution is 2.15. The van der Waals surface area contributed by atoms with Gasteiger partial charge in [-0.05, 0) is 6.07 Å². The molecule has 6 nitrogen and oxygen atoms in total. The summed E-state index contributed by atoms with van der Waals surface area (Å²) < 4.78 is 4.94. The minimum absolute atomic E-state index is 0.311. The van der Waals surface area contributed by atoms with Crippen LogP contribution < -0.4 is 4.90 Å². The van der Waals surface area contributed by atoms with E-state index in [1.807, 2.05) is 18.0 Å². The summed E-state index contributed by atoms with van der Waals surface area (Å²) in [6.07, 6.45) is 1.77. The zero-order chi connectivity index (χ0) is 13.1. The standard InChI is InChI=1S/C12H17N5O/c1-8(2)12-13-6-5-11(15-12)17(4)7-10-14-9(3)18-16-10/h5-6,8H,7H2,1-4H3. The molecule has 0 saturated carbocycles. The number of nitrogens with zero attached hydrogens (tertiary/aromatic N) is 5. The first kappa shape index (κ1) is 12.5. The Bertz CT molecular complexity index is 523. The van der Waals surface area contributed by atoms with E-state index in [0.717, 1.165) is 11.6 Å². The number of anilines is 1. The summed E-state index contributed by atoms with van der Waals surface area (Å²) >= 11 is 0. The number of hydrogen-bond donors (Lipinski definition) is 0. The maximum absolute atomic E-state index is 4.94. The number of aromatic nitrogens is 4. The van der Waals surface area contributed by atoms with Gasteiger partial charge in [-0.3, -0.25) is 0 Å². The average molecular weight is 247 g/mol. The van der Waals surface area contributed by atoms with E-state index in [2.05, 4.69) is 34.0 Å². The molecule has 0 aliphatic heterocycles. The van der Waals surface area contributed by atoms with Gasteiger partial charge in [0.05, 0.1) is 6.54 Å². The van der Waals surface area contributed by atoms with Crippen molar-refractivity contribution in [2.24, 2.45) is 0 Å². The first-order valence-corrected chi connectivity index (χ1v) is 5.89. The molecule has 2 aromatic rings. The second-order valence-corrected chi connectivity index (χ2v) is 4.51. The van der Waals surface area contributed by atoms with Crippen LogP contribution in [0.4, 0.5) is 5.82 Å². The zero-order valence-electron chi connectivity index (χ0n) is 11.1. The van der Waals surface area contributed by atoms with E-state index in [0.29, 0.717) is 24.2 Å². The van der Waals surface area contributed by atoms with Gasteiger partial charge in [0.2, 0.25) is 5.89 Å². The lowest BCUT2D eigenvalue weighted by atomic mass is 10.2. The van der Waals surface area contributed by atoms with Gasteiger partial charge in [-0.1, -0.05) is 19.0 Å². The van der Waals surface area contributed by atoms with Crippen LogP contribution in [0.25, 0.3) is 0 Å². The molecule has 6 heteroatoms. The van der Waals surface area contributed by atoms with Crippen molar-refractivity contribution in [1.29, 1.82) is 0 Å². The average Bonchev–Trinajstić information content (AvgIpc) is 2.75. The van der Waals surface area contributed by atoms with E-state index in [1.165, 1.54) is 0 Å². The van der Waals surface area contributed by atoms with Crippen LogP contribution in [0.5, 0.6) is 0 Å². The second kappa shape index (κ2) is 5.12. The maximum atomic E-state index is 4.94. The number of hydrogen-bond acceptors (Lipinski definition) is 6. The molecule has 0 aliphatic carbocycles. The predicted molar refractivity (Wildman–Crippen MR) is 67.3 cm³/mol. The summed E-state index contributed by atoms with van der Waals surface area (Å²) in [5, 5.41) is 3.87. The molecule has 0 bridgehead atoms.